The van der Waals surface area contributed by atoms with Crippen molar-refractivity contribution in [2.24, 2.45) is 11.8 Å². The van der Waals surface area contributed by atoms with Gasteiger partial charge in [-0.25, -0.2) is 4.79 Å². The van der Waals surface area contributed by atoms with E-state index in [2.05, 4.69) is 37.6 Å². The molecule has 1 heterocycles. The number of carboxylic acids is 1. The minimum atomic E-state index is -0.925. The summed E-state index contributed by atoms with van der Waals surface area (Å²) in [7, 11) is 0. The van der Waals surface area contributed by atoms with E-state index in [4.69, 9.17) is 5.11 Å². The van der Waals surface area contributed by atoms with E-state index in [-0.39, 0.29) is 5.56 Å². The second-order valence-electron chi connectivity index (χ2n) is 6.48. The van der Waals surface area contributed by atoms with Crippen molar-refractivity contribution in [1.82, 2.24) is 9.88 Å². The van der Waals surface area contributed by atoms with Crippen LogP contribution in [0.4, 0.5) is 0 Å². The molecule has 0 saturated carbocycles. The van der Waals surface area contributed by atoms with Crippen molar-refractivity contribution in [2.45, 2.75) is 47.1 Å². The summed E-state index contributed by atoms with van der Waals surface area (Å²) in [5.74, 6) is 0.452. The van der Waals surface area contributed by atoms with E-state index in [0.29, 0.717) is 11.8 Å². The first-order valence-electron chi connectivity index (χ1n) is 7.79. The van der Waals surface area contributed by atoms with E-state index >= 15 is 0 Å². The molecule has 0 amide bonds. The monoisotopic (exact) mass is 292 g/mol. The zero-order chi connectivity index (χ0) is 15.8. The highest BCUT2D eigenvalue weighted by Crippen LogP contribution is 2.10. The van der Waals surface area contributed by atoms with Crippen molar-refractivity contribution in [3.05, 3.63) is 29.6 Å². The summed E-state index contributed by atoms with van der Waals surface area (Å²) < 4.78 is 0. The maximum Gasteiger partial charge on any atom is 0.337 e. The molecule has 0 radical (unpaired) electrons. The van der Waals surface area contributed by atoms with Crippen LogP contribution in [-0.2, 0) is 6.54 Å². The van der Waals surface area contributed by atoms with Crippen LogP contribution in [0.3, 0.4) is 0 Å². The van der Waals surface area contributed by atoms with Crippen LogP contribution in [-0.4, -0.2) is 34.0 Å². The standard InChI is InChI=1S/C17H28N2O2/c1-13(2)7-9-19(10-8-14(3)4)12-16-6-5-15(11-18-16)17(20)21/h5-6,11,13-14H,7-10,12H2,1-4H3,(H,20,21). The number of aromatic nitrogens is 1. The van der Waals surface area contributed by atoms with Crippen molar-refractivity contribution >= 4 is 5.97 Å². The third kappa shape index (κ3) is 7.23. The first kappa shape index (κ1) is 17.6. The summed E-state index contributed by atoms with van der Waals surface area (Å²) >= 11 is 0. The summed E-state index contributed by atoms with van der Waals surface area (Å²) in [6.45, 7) is 11.9. The third-order valence-corrected chi connectivity index (χ3v) is 3.50. The van der Waals surface area contributed by atoms with Crippen LogP contribution < -0.4 is 0 Å². The van der Waals surface area contributed by atoms with Gasteiger partial charge >= 0.3 is 5.97 Å². The lowest BCUT2D eigenvalue weighted by atomic mass is 10.1. The Morgan fingerprint density at radius 1 is 1.14 bits per heavy atom. The van der Waals surface area contributed by atoms with Crippen molar-refractivity contribution < 1.29 is 9.90 Å². The molecule has 1 aromatic heterocycles. The van der Waals surface area contributed by atoms with Gasteiger partial charge in [-0.05, 0) is 49.9 Å². The van der Waals surface area contributed by atoms with Crippen LogP contribution in [0, 0.1) is 11.8 Å². The fourth-order valence-corrected chi connectivity index (χ4v) is 2.03. The van der Waals surface area contributed by atoms with Gasteiger partial charge in [-0.3, -0.25) is 9.88 Å². The lowest BCUT2D eigenvalue weighted by molar-refractivity contribution is 0.0696. The second-order valence-corrected chi connectivity index (χ2v) is 6.48. The largest absolute Gasteiger partial charge is 0.478 e. The number of carbonyl (C=O) groups is 1. The van der Waals surface area contributed by atoms with E-state index in [0.717, 1.165) is 25.3 Å². The molecule has 0 atom stereocenters. The average Bonchev–Trinajstić information content (AvgIpc) is 2.42. The average molecular weight is 292 g/mol. The summed E-state index contributed by atoms with van der Waals surface area (Å²) in [6.07, 6.45) is 3.79. The minimum Gasteiger partial charge on any atom is -0.478 e. The molecule has 1 rings (SSSR count). The van der Waals surface area contributed by atoms with E-state index in [1.165, 1.54) is 19.0 Å². The Hall–Kier alpha value is -1.42. The summed E-state index contributed by atoms with van der Waals surface area (Å²) in [5, 5.41) is 8.90. The van der Waals surface area contributed by atoms with E-state index in [1.54, 1.807) is 6.07 Å². The molecule has 0 bridgehead atoms. The third-order valence-electron chi connectivity index (χ3n) is 3.50. The Kier molecular flexibility index (Phi) is 7.37. The zero-order valence-electron chi connectivity index (χ0n) is 13.7. The molecule has 1 N–H and O–H groups in total. The van der Waals surface area contributed by atoms with Gasteiger partial charge in [-0.2, -0.15) is 0 Å². The molecule has 0 fully saturated rings. The Balaban J connectivity index is 2.62. The number of rotatable bonds is 9. The molecular formula is C17H28N2O2. The number of pyridine rings is 1. The van der Waals surface area contributed by atoms with E-state index in [9.17, 15) is 4.79 Å². The van der Waals surface area contributed by atoms with Gasteiger partial charge in [0.1, 0.15) is 0 Å². The SMILES string of the molecule is CC(C)CCN(CCC(C)C)Cc1ccc(C(=O)O)cn1. The number of aromatic carboxylic acids is 1. The smallest absolute Gasteiger partial charge is 0.337 e. The molecule has 21 heavy (non-hydrogen) atoms. The van der Waals surface area contributed by atoms with Gasteiger partial charge in [-0.1, -0.05) is 27.7 Å². The van der Waals surface area contributed by atoms with Crippen LogP contribution in [0.5, 0.6) is 0 Å². The molecule has 0 spiro atoms. The van der Waals surface area contributed by atoms with Crippen molar-refractivity contribution in [3.63, 3.8) is 0 Å². The number of hydrogen-bond donors (Lipinski definition) is 1. The molecule has 4 heteroatoms. The number of nitrogens with zero attached hydrogens (tertiary/aromatic N) is 2. The molecule has 0 aliphatic heterocycles. The molecular weight excluding hydrogens is 264 g/mol. The van der Waals surface area contributed by atoms with Gasteiger partial charge in [0.05, 0.1) is 11.3 Å². The molecule has 0 aliphatic rings. The van der Waals surface area contributed by atoms with Crippen molar-refractivity contribution in [2.75, 3.05) is 13.1 Å². The van der Waals surface area contributed by atoms with Gasteiger partial charge in [0.25, 0.3) is 0 Å². The van der Waals surface area contributed by atoms with E-state index < -0.39 is 5.97 Å². The second kappa shape index (κ2) is 8.78. The maximum atomic E-state index is 10.8. The summed E-state index contributed by atoms with van der Waals surface area (Å²) in [4.78, 5) is 17.5. The van der Waals surface area contributed by atoms with Crippen LogP contribution in [0.15, 0.2) is 18.3 Å². The first-order valence-corrected chi connectivity index (χ1v) is 7.79. The highest BCUT2D eigenvalue weighted by atomic mass is 16.4. The van der Waals surface area contributed by atoms with Crippen molar-refractivity contribution in [1.29, 1.82) is 0 Å². The zero-order valence-corrected chi connectivity index (χ0v) is 13.7. The molecule has 0 aromatic carbocycles. The quantitative estimate of drug-likeness (QED) is 0.754. The van der Waals surface area contributed by atoms with Crippen LogP contribution in [0.2, 0.25) is 0 Å². The first-order chi connectivity index (χ1) is 9.88. The van der Waals surface area contributed by atoms with Crippen LogP contribution in [0.25, 0.3) is 0 Å². The van der Waals surface area contributed by atoms with Gasteiger partial charge < -0.3 is 5.11 Å². The lowest BCUT2D eigenvalue weighted by Gasteiger charge is -2.23. The topological polar surface area (TPSA) is 53.4 Å². The van der Waals surface area contributed by atoms with Gasteiger partial charge in [-0.15, -0.1) is 0 Å². The minimum absolute atomic E-state index is 0.245. The Labute approximate surface area is 128 Å². The molecule has 0 unspecified atom stereocenters. The normalized spacial score (nSPS) is 11.6. The molecule has 4 nitrogen and oxygen atoms in total. The Bertz CT molecular complexity index is 415. The highest BCUT2D eigenvalue weighted by molar-refractivity contribution is 5.87. The van der Waals surface area contributed by atoms with Crippen molar-refractivity contribution in [3.8, 4) is 0 Å². The number of carboxylic acid groups (broad SMARTS) is 1. The van der Waals surface area contributed by atoms with Crippen LogP contribution >= 0.6 is 0 Å². The molecule has 0 aliphatic carbocycles. The Morgan fingerprint density at radius 3 is 2.10 bits per heavy atom. The fraction of sp³-hybridized carbons (Fsp3) is 0.647. The Morgan fingerprint density at radius 2 is 1.71 bits per heavy atom. The predicted octanol–water partition coefficient (Wildman–Crippen LogP) is 3.67. The molecule has 1 aromatic rings. The molecule has 118 valence electrons. The highest BCUT2D eigenvalue weighted by Gasteiger charge is 2.10. The fourth-order valence-electron chi connectivity index (χ4n) is 2.03. The number of hydrogen-bond acceptors (Lipinski definition) is 3. The summed E-state index contributed by atoms with van der Waals surface area (Å²) in [5.41, 5.74) is 1.18. The van der Waals surface area contributed by atoms with Gasteiger partial charge in [0.15, 0.2) is 0 Å². The summed E-state index contributed by atoms with van der Waals surface area (Å²) in [6, 6.07) is 3.45. The maximum absolute atomic E-state index is 10.8. The lowest BCUT2D eigenvalue weighted by Crippen LogP contribution is -2.27. The molecule has 0 saturated heterocycles. The van der Waals surface area contributed by atoms with Crippen LogP contribution in [0.1, 0.15) is 56.6 Å². The predicted molar refractivity (Wildman–Crippen MR) is 85.4 cm³/mol. The van der Waals surface area contributed by atoms with E-state index in [1.807, 2.05) is 6.07 Å². The van der Waals surface area contributed by atoms with Gasteiger partial charge in [0.2, 0.25) is 0 Å². The van der Waals surface area contributed by atoms with Gasteiger partial charge in [0, 0.05) is 12.7 Å².